The Morgan fingerprint density at radius 1 is 1.27 bits per heavy atom. The molecular weight excluding hydrogens is 340 g/mol. The van der Waals surface area contributed by atoms with E-state index in [1.54, 1.807) is 38.1 Å². The SMILES string of the molecule is CCNC(=O)NC(=O)CN1C(=O)N[C@](C)(Cc2ccccc2OC)C1=O. The van der Waals surface area contributed by atoms with Crippen LogP contribution in [0.15, 0.2) is 24.3 Å². The second-order valence-corrected chi connectivity index (χ2v) is 6.05. The van der Waals surface area contributed by atoms with Crippen molar-refractivity contribution in [2.24, 2.45) is 0 Å². The molecule has 26 heavy (non-hydrogen) atoms. The number of amides is 6. The molecule has 0 radical (unpaired) electrons. The van der Waals surface area contributed by atoms with Crippen LogP contribution in [-0.2, 0) is 16.0 Å². The van der Waals surface area contributed by atoms with Crippen molar-refractivity contribution in [2.75, 3.05) is 20.2 Å². The van der Waals surface area contributed by atoms with Crippen molar-refractivity contribution in [1.29, 1.82) is 0 Å². The number of benzene rings is 1. The molecule has 1 heterocycles. The van der Waals surface area contributed by atoms with E-state index in [1.807, 2.05) is 0 Å². The largest absolute Gasteiger partial charge is 0.496 e. The summed E-state index contributed by atoms with van der Waals surface area (Å²) in [5.74, 6) is -0.691. The lowest BCUT2D eigenvalue weighted by Crippen LogP contribution is -2.48. The molecule has 0 aliphatic carbocycles. The highest BCUT2D eigenvalue weighted by Gasteiger charge is 2.48. The van der Waals surface area contributed by atoms with Gasteiger partial charge in [-0.3, -0.25) is 19.8 Å². The molecule has 9 heteroatoms. The molecule has 1 aliphatic heterocycles. The number of ether oxygens (including phenoxy) is 1. The Morgan fingerprint density at radius 2 is 1.96 bits per heavy atom. The molecule has 9 nitrogen and oxygen atoms in total. The molecular formula is C17H22N4O5. The van der Waals surface area contributed by atoms with E-state index in [0.29, 0.717) is 12.3 Å². The average Bonchev–Trinajstić information content (AvgIpc) is 2.78. The number of methoxy groups -OCH3 is 1. The van der Waals surface area contributed by atoms with E-state index in [1.165, 1.54) is 7.11 Å². The third-order valence-corrected chi connectivity index (χ3v) is 3.97. The summed E-state index contributed by atoms with van der Waals surface area (Å²) in [5.41, 5.74) is -0.461. The molecule has 1 aromatic rings. The Balaban J connectivity index is 2.09. The Labute approximate surface area is 151 Å². The van der Waals surface area contributed by atoms with Crippen LogP contribution in [-0.4, -0.2) is 54.5 Å². The normalized spacial score (nSPS) is 19.1. The highest BCUT2D eigenvalue weighted by molar-refractivity contribution is 6.09. The average molecular weight is 362 g/mol. The zero-order chi connectivity index (χ0) is 19.3. The monoisotopic (exact) mass is 362 g/mol. The summed E-state index contributed by atoms with van der Waals surface area (Å²) >= 11 is 0. The van der Waals surface area contributed by atoms with Crippen LogP contribution in [0.4, 0.5) is 9.59 Å². The number of nitrogens with one attached hydrogen (secondary N) is 3. The first-order chi connectivity index (χ1) is 12.3. The zero-order valence-electron chi connectivity index (χ0n) is 14.9. The van der Waals surface area contributed by atoms with E-state index in [2.05, 4.69) is 16.0 Å². The van der Waals surface area contributed by atoms with Crippen molar-refractivity contribution in [3.8, 4) is 5.75 Å². The molecule has 1 fully saturated rings. The maximum Gasteiger partial charge on any atom is 0.325 e. The predicted octanol–water partition coefficient (Wildman–Crippen LogP) is 0.394. The molecule has 3 N–H and O–H groups in total. The van der Waals surface area contributed by atoms with Gasteiger partial charge in [-0.25, -0.2) is 9.59 Å². The van der Waals surface area contributed by atoms with Gasteiger partial charge in [0.25, 0.3) is 5.91 Å². The minimum atomic E-state index is -1.21. The van der Waals surface area contributed by atoms with E-state index >= 15 is 0 Å². The summed E-state index contributed by atoms with van der Waals surface area (Å²) in [7, 11) is 1.52. The van der Waals surface area contributed by atoms with Gasteiger partial charge in [0.05, 0.1) is 7.11 Å². The number of para-hydroxylation sites is 1. The molecule has 0 unspecified atom stereocenters. The van der Waals surface area contributed by atoms with Gasteiger partial charge in [0.15, 0.2) is 0 Å². The molecule has 0 spiro atoms. The number of rotatable bonds is 6. The van der Waals surface area contributed by atoms with Gasteiger partial charge in [0.2, 0.25) is 5.91 Å². The van der Waals surface area contributed by atoms with Gasteiger partial charge in [-0.15, -0.1) is 0 Å². The van der Waals surface area contributed by atoms with E-state index < -0.39 is 36.0 Å². The van der Waals surface area contributed by atoms with Crippen LogP contribution in [0.2, 0.25) is 0 Å². The van der Waals surface area contributed by atoms with Gasteiger partial charge in [-0.05, 0) is 25.5 Å². The highest BCUT2D eigenvalue weighted by Crippen LogP contribution is 2.27. The van der Waals surface area contributed by atoms with E-state index in [-0.39, 0.29) is 6.42 Å². The minimum absolute atomic E-state index is 0.204. The molecule has 1 atom stereocenters. The fraction of sp³-hybridized carbons (Fsp3) is 0.412. The van der Waals surface area contributed by atoms with Crippen LogP contribution < -0.4 is 20.7 Å². The molecule has 140 valence electrons. The third kappa shape index (κ3) is 4.11. The first kappa shape index (κ1) is 19.2. The smallest absolute Gasteiger partial charge is 0.325 e. The van der Waals surface area contributed by atoms with Crippen LogP contribution in [0, 0.1) is 0 Å². The number of carbonyl (C=O) groups excluding carboxylic acids is 4. The van der Waals surface area contributed by atoms with Crippen LogP contribution in [0.1, 0.15) is 19.4 Å². The quantitative estimate of drug-likeness (QED) is 0.633. The van der Waals surface area contributed by atoms with E-state index in [9.17, 15) is 19.2 Å². The molecule has 0 saturated carbocycles. The predicted molar refractivity (Wildman–Crippen MR) is 92.6 cm³/mol. The Morgan fingerprint density at radius 3 is 2.62 bits per heavy atom. The summed E-state index contributed by atoms with van der Waals surface area (Å²) in [6.07, 6.45) is 0.204. The van der Waals surface area contributed by atoms with Crippen molar-refractivity contribution in [1.82, 2.24) is 20.9 Å². The molecule has 1 aromatic carbocycles. The van der Waals surface area contributed by atoms with Gasteiger partial charge < -0.3 is 15.4 Å². The number of carbonyl (C=O) groups is 4. The van der Waals surface area contributed by atoms with Gasteiger partial charge in [0, 0.05) is 13.0 Å². The number of urea groups is 2. The number of nitrogens with zero attached hydrogens (tertiary/aromatic N) is 1. The van der Waals surface area contributed by atoms with Crippen molar-refractivity contribution < 1.29 is 23.9 Å². The lowest BCUT2D eigenvalue weighted by molar-refractivity contribution is -0.134. The molecule has 0 aromatic heterocycles. The number of imide groups is 2. The Hall–Kier alpha value is -3.10. The lowest BCUT2D eigenvalue weighted by atomic mass is 9.92. The van der Waals surface area contributed by atoms with Crippen LogP contribution in [0.25, 0.3) is 0 Å². The standard InChI is InChI=1S/C17H22N4O5/c1-4-18-15(24)19-13(22)10-21-14(23)17(2,20-16(21)25)9-11-7-5-6-8-12(11)26-3/h5-8H,4,9-10H2,1-3H3,(H,20,25)(H2,18,19,22,24)/t17-/m1/s1. The molecule has 1 aliphatic rings. The minimum Gasteiger partial charge on any atom is -0.496 e. The summed E-state index contributed by atoms with van der Waals surface area (Å²) in [4.78, 5) is 48.9. The fourth-order valence-corrected chi connectivity index (χ4v) is 2.75. The molecule has 0 bridgehead atoms. The molecule has 6 amide bonds. The van der Waals surface area contributed by atoms with Gasteiger partial charge in [-0.1, -0.05) is 18.2 Å². The lowest BCUT2D eigenvalue weighted by Gasteiger charge is -2.22. The maximum atomic E-state index is 12.7. The number of hydrogen-bond acceptors (Lipinski definition) is 5. The number of hydrogen-bond donors (Lipinski definition) is 3. The van der Waals surface area contributed by atoms with Gasteiger partial charge >= 0.3 is 12.1 Å². The van der Waals surface area contributed by atoms with Crippen LogP contribution in [0.3, 0.4) is 0 Å². The van der Waals surface area contributed by atoms with Crippen molar-refractivity contribution >= 4 is 23.9 Å². The van der Waals surface area contributed by atoms with E-state index in [4.69, 9.17) is 4.74 Å². The summed E-state index contributed by atoms with van der Waals surface area (Å²) in [6.45, 7) is 3.09. The van der Waals surface area contributed by atoms with E-state index in [0.717, 1.165) is 10.5 Å². The summed E-state index contributed by atoms with van der Waals surface area (Å²) in [6, 6.07) is 5.81. The first-order valence-corrected chi connectivity index (χ1v) is 8.14. The maximum absolute atomic E-state index is 12.7. The van der Waals surface area contributed by atoms with Gasteiger partial charge in [-0.2, -0.15) is 0 Å². The Kier molecular flexibility index (Phi) is 5.81. The molecule has 1 saturated heterocycles. The second kappa shape index (κ2) is 7.85. The fourth-order valence-electron chi connectivity index (χ4n) is 2.75. The summed E-state index contributed by atoms with van der Waals surface area (Å²) in [5, 5.41) is 7.07. The Bertz CT molecular complexity index is 736. The van der Waals surface area contributed by atoms with Crippen LogP contribution in [0.5, 0.6) is 5.75 Å². The summed E-state index contributed by atoms with van der Waals surface area (Å²) < 4.78 is 5.27. The van der Waals surface area contributed by atoms with Crippen molar-refractivity contribution in [3.63, 3.8) is 0 Å². The topological polar surface area (TPSA) is 117 Å². The van der Waals surface area contributed by atoms with Crippen molar-refractivity contribution in [3.05, 3.63) is 29.8 Å². The highest BCUT2D eigenvalue weighted by atomic mass is 16.5. The zero-order valence-corrected chi connectivity index (χ0v) is 14.9. The second-order valence-electron chi connectivity index (χ2n) is 6.05. The molecule has 2 rings (SSSR count). The van der Waals surface area contributed by atoms with Gasteiger partial charge in [0.1, 0.15) is 17.8 Å². The first-order valence-electron chi connectivity index (χ1n) is 8.14. The van der Waals surface area contributed by atoms with Crippen LogP contribution >= 0.6 is 0 Å². The van der Waals surface area contributed by atoms with Crippen molar-refractivity contribution in [2.45, 2.75) is 25.8 Å². The third-order valence-electron chi connectivity index (χ3n) is 3.97.